The Labute approximate surface area is 201 Å². The molecule has 0 fully saturated rings. The van der Waals surface area contributed by atoms with Crippen molar-refractivity contribution in [2.24, 2.45) is 17.1 Å². The highest BCUT2D eigenvalue weighted by atomic mass is 79.9. The molecule has 0 saturated carbocycles. The number of nitrogens with two attached hydrogens (primary N) is 1. The Morgan fingerprint density at radius 2 is 1.94 bits per heavy atom. The highest BCUT2D eigenvalue weighted by molar-refractivity contribution is 9.10. The van der Waals surface area contributed by atoms with Crippen molar-refractivity contribution in [2.75, 3.05) is 20.2 Å². The van der Waals surface area contributed by atoms with E-state index in [1.807, 2.05) is 24.3 Å². The summed E-state index contributed by atoms with van der Waals surface area (Å²) in [5.74, 6) is -0.473. The monoisotopic (exact) mass is 509 g/mol. The van der Waals surface area contributed by atoms with Crippen molar-refractivity contribution in [1.29, 1.82) is 15.8 Å². The quantitative estimate of drug-likeness (QED) is 0.591. The number of hydrogen-bond donors (Lipinski definition) is 1. The minimum absolute atomic E-state index is 0.0693. The van der Waals surface area contributed by atoms with Crippen molar-refractivity contribution in [3.8, 4) is 24.0 Å². The summed E-state index contributed by atoms with van der Waals surface area (Å²) in [4.78, 5) is 14.3. The summed E-state index contributed by atoms with van der Waals surface area (Å²) in [7, 11) is 1.55. The SMILES string of the molecule is COc1ccc([C@@H]2C(C#N)=C(N)C(C#N)(C#N)C3=CCN(C(=O)OC(C)(C)C)C[C@H]32)cc1Br. The van der Waals surface area contributed by atoms with Gasteiger partial charge < -0.3 is 20.1 Å². The van der Waals surface area contributed by atoms with Crippen LogP contribution in [0, 0.1) is 45.3 Å². The number of allylic oxidation sites excluding steroid dienone is 2. The molecule has 0 saturated heterocycles. The number of amides is 1. The molecule has 8 nitrogen and oxygen atoms in total. The molecule has 0 bridgehead atoms. The number of nitrogens with zero attached hydrogens (tertiary/aromatic N) is 4. The van der Waals surface area contributed by atoms with Crippen LogP contribution in [0.3, 0.4) is 0 Å². The van der Waals surface area contributed by atoms with Crippen LogP contribution in [0.5, 0.6) is 5.75 Å². The van der Waals surface area contributed by atoms with E-state index in [0.717, 1.165) is 5.56 Å². The van der Waals surface area contributed by atoms with Crippen LogP contribution in [0.2, 0.25) is 0 Å². The van der Waals surface area contributed by atoms with E-state index < -0.39 is 28.9 Å². The number of carbonyl (C=O) groups is 1. The molecule has 1 aliphatic carbocycles. The molecule has 0 radical (unpaired) electrons. The van der Waals surface area contributed by atoms with Gasteiger partial charge in [0.25, 0.3) is 0 Å². The number of halogens is 1. The van der Waals surface area contributed by atoms with Crippen LogP contribution in [-0.2, 0) is 4.74 Å². The van der Waals surface area contributed by atoms with Gasteiger partial charge >= 0.3 is 6.09 Å². The topological polar surface area (TPSA) is 136 Å². The van der Waals surface area contributed by atoms with E-state index in [-0.39, 0.29) is 24.4 Å². The molecule has 2 atom stereocenters. The second-order valence-corrected chi connectivity index (χ2v) is 9.79. The third-order valence-corrected chi connectivity index (χ3v) is 6.45. The fourth-order valence-electron chi connectivity index (χ4n) is 4.37. The Balaban J connectivity index is 2.20. The second-order valence-electron chi connectivity index (χ2n) is 8.94. The molecule has 3 rings (SSSR count). The van der Waals surface area contributed by atoms with Crippen LogP contribution >= 0.6 is 15.9 Å². The van der Waals surface area contributed by atoms with E-state index in [1.54, 1.807) is 40.0 Å². The van der Waals surface area contributed by atoms with E-state index in [9.17, 15) is 20.6 Å². The van der Waals surface area contributed by atoms with Gasteiger partial charge in [-0.15, -0.1) is 0 Å². The van der Waals surface area contributed by atoms with E-state index in [1.165, 1.54) is 4.90 Å². The minimum Gasteiger partial charge on any atom is -0.496 e. The van der Waals surface area contributed by atoms with Gasteiger partial charge in [0, 0.05) is 24.9 Å². The molecular weight excluding hydrogens is 486 g/mol. The normalized spacial score (nSPS) is 21.6. The summed E-state index contributed by atoms with van der Waals surface area (Å²) < 4.78 is 11.5. The Hall–Kier alpha value is -3.48. The molecule has 9 heteroatoms. The number of fused-ring (bicyclic) bond motifs is 1. The highest BCUT2D eigenvalue weighted by Gasteiger charge is 2.53. The first-order valence-corrected chi connectivity index (χ1v) is 11.1. The molecule has 1 aliphatic heterocycles. The predicted molar refractivity (Wildman–Crippen MR) is 123 cm³/mol. The fraction of sp³-hybridized carbons (Fsp3) is 0.417. The maximum absolute atomic E-state index is 12.8. The van der Waals surface area contributed by atoms with Crippen molar-refractivity contribution >= 4 is 22.0 Å². The number of hydrogen-bond acceptors (Lipinski definition) is 7. The van der Waals surface area contributed by atoms with Gasteiger partial charge in [0.1, 0.15) is 11.4 Å². The Morgan fingerprint density at radius 1 is 1.27 bits per heavy atom. The summed E-state index contributed by atoms with van der Waals surface area (Å²) >= 11 is 3.48. The lowest BCUT2D eigenvalue weighted by Crippen LogP contribution is -2.49. The molecule has 1 heterocycles. The van der Waals surface area contributed by atoms with E-state index in [2.05, 4.69) is 22.0 Å². The van der Waals surface area contributed by atoms with Gasteiger partial charge in [0.05, 0.1) is 41.1 Å². The molecule has 170 valence electrons. The lowest BCUT2D eigenvalue weighted by atomic mass is 9.60. The lowest BCUT2D eigenvalue weighted by molar-refractivity contribution is 0.0229. The van der Waals surface area contributed by atoms with Gasteiger partial charge in [-0.25, -0.2) is 4.79 Å². The molecule has 1 amide bonds. The molecule has 1 aromatic rings. The summed E-state index contributed by atoms with van der Waals surface area (Å²) in [6, 6.07) is 11.6. The minimum atomic E-state index is -1.77. The van der Waals surface area contributed by atoms with E-state index >= 15 is 0 Å². The van der Waals surface area contributed by atoms with Crippen molar-refractivity contribution in [3.63, 3.8) is 0 Å². The first-order valence-electron chi connectivity index (χ1n) is 10.3. The van der Waals surface area contributed by atoms with Crippen molar-refractivity contribution in [3.05, 3.63) is 51.2 Å². The van der Waals surface area contributed by atoms with Crippen LogP contribution in [0.4, 0.5) is 4.79 Å². The van der Waals surface area contributed by atoms with Crippen LogP contribution < -0.4 is 10.5 Å². The average molecular weight is 510 g/mol. The van der Waals surface area contributed by atoms with Gasteiger partial charge in [0.2, 0.25) is 5.41 Å². The first kappa shape index (κ1) is 24.2. The van der Waals surface area contributed by atoms with Crippen LogP contribution in [0.1, 0.15) is 32.3 Å². The number of ether oxygens (including phenoxy) is 2. The molecular formula is C24H24BrN5O3. The van der Waals surface area contributed by atoms with Crippen LogP contribution in [0.15, 0.2) is 45.6 Å². The number of rotatable bonds is 2. The largest absolute Gasteiger partial charge is 0.496 e. The lowest BCUT2D eigenvalue weighted by Gasteiger charge is -2.45. The van der Waals surface area contributed by atoms with Gasteiger partial charge in [-0.2, -0.15) is 15.8 Å². The van der Waals surface area contributed by atoms with E-state index in [0.29, 0.717) is 15.8 Å². The maximum atomic E-state index is 12.8. The highest BCUT2D eigenvalue weighted by Crippen LogP contribution is 2.53. The van der Waals surface area contributed by atoms with Gasteiger partial charge in [-0.1, -0.05) is 12.1 Å². The molecule has 0 aromatic heterocycles. The molecule has 2 N–H and O–H groups in total. The first-order chi connectivity index (χ1) is 15.5. The molecule has 2 aliphatic rings. The summed E-state index contributed by atoms with van der Waals surface area (Å²) in [6.07, 6.45) is 1.19. The molecule has 0 unspecified atom stereocenters. The number of benzene rings is 1. The van der Waals surface area contributed by atoms with Gasteiger partial charge in [0.15, 0.2) is 0 Å². The number of methoxy groups -OCH3 is 1. The molecule has 33 heavy (non-hydrogen) atoms. The van der Waals surface area contributed by atoms with Gasteiger partial charge in [-0.05, 0) is 60.0 Å². The third-order valence-electron chi connectivity index (χ3n) is 5.83. The van der Waals surface area contributed by atoms with E-state index in [4.69, 9.17) is 15.2 Å². The Kier molecular flexibility index (Phi) is 6.45. The zero-order chi connectivity index (χ0) is 24.6. The van der Waals surface area contributed by atoms with Gasteiger partial charge in [-0.3, -0.25) is 0 Å². The van der Waals surface area contributed by atoms with Crippen molar-refractivity contribution < 1.29 is 14.3 Å². The van der Waals surface area contributed by atoms with Crippen LogP contribution in [0.25, 0.3) is 0 Å². The number of carbonyl (C=O) groups excluding carboxylic acids is 1. The fourth-order valence-corrected chi connectivity index (χ4v) is 4.93. The zero-order valence-corrected chi connectivity index (χ0v) is 20.4. The predicted octanol–water partition coefficient (Wildman–Crippen LogP) is 4.12. The summed E-state index contributed by atoms with van der Waals surface area (Å²) in [5, 5.41) is 30.0. The zero-order valence-electron chi connectivity index (χ0n) is 18.8. The van der Waals surface area contributed by atoms with Crippen LogP contribution in [-0.4, -0.2) is 36.8 Å². The molecule has 1 aromatic carbocycles. The number of nitriles is 3. The van der Waals surface area contributed by atoms with Crippen molar-refractivity contribution in [2.45, 2.75) is 32.3 Å². The Bertz CT molecular complexity index is 1160. The van der Waals surface area contributed by atoms with Crippen molar-refractivity contribution in [1.82, 2.24) is 4.90 Å². The smallest absolute Gasteiger partial charge is 0.410 e. The summed E-state index contributed by atoms with van der Waals surface area (Å²) in [6.45, 7) is 5.67. The standard InChI is InChI=1S/C24H24BrN5O3/c1-23(2,3)33-22(31)30-8-7-17-16(11-30)20(14-5-6-19(32-4)18(25)9-14)15(10-26)21(29)24(17,12-27)13-28/h5-7,9,16,20H,8,11,29H2,1-4H3/t16-,20-/m1/s1. The molecule has 0 spiro atoms. The maximum Gasteiger partial charge on any atom is 0.410 e. The average Bonchev–Trinajstić information content (AvgIpc) is 2.77. The summed E-state index contributed by atoms with van der Waals surface area (Å²) in [5.41, 5.74) is 5.19. The third kappa shape index (κ3) is 4.15. The second kappa shape index (κ2) is 8.81. The Morgan fingerprint density at radius 3 is 2.45 bits per heavy atom.